The minimum absolute atomic E-state index is 0.549. The second-order valence-corrected chi connectivity index (χ2v) is 5.17. The number of halogens is 2. The van der Waals surface area contributed by atoms with E-state index in [0.29, 0.717) is 16.5 Å². The molecule has 3 aromatic heterocycles. The number of hydrogen-bond donors (Lipinski definition) is 1. The molecule has 0 saturated carbocycles. The number of nitrogens with two attached hydrogens (primary N) is 1. The van der Waals surface area contributed by atoms with Crippen molar-refractivity contribution in [1.82, 2.24) is 14.4 Å². The number of anilines is 1. The molecule has 18 heavy (non-hydrogen) atoms. The van der Waals surface area contributed by atoms with Crippen LogP contribution in [0.3, 0.4) is 0 Å². The molecule has 2 N–H and O–H groups in total. The first-order valence-corrected chi connectivity index (χ1v) is 6.36. The Kier molecular flexibility index (Phi) is 2.72. The van der Waals surface area contributed by atoms with Crippen LogP contribution < -0.4 is 5.73 Å². The lowest BCUT2D eigenvalue weighted by atomic mass is 10.2. The van der Waals surface area contributed by atoms with Gasteiger partial charge in [-0.25, -0.2) is 4.98 Å². The molecule has 0 aromatic carbocycles. The Morgan fingerprint density at radius 2 is 2.11 bits per heavy atom. The Bertz CT molecular complexity index is 738. The van der Waals surface area contributed by atoms with Gasteiger partial charge in [0.15, 0.2) is 0 Å². The molecule has 0 radical (unpaired) electrons. The lowest BCUT2D eigenvalue weighted by molar-refractivity contribution is 1.20. The van der Waals surface area contributed by atoms with Gasteiger partial charge in [-0.2, -0.15) is 0 Å². The van der Waals surface area contributed by atoms with Crippen molar-refractivity contribution in [3.8, 4) is 11.3 Å². The number of aromatic nitrogens is 3. The van der Waals surface area contributed by atoms with E-state index in [1.807, 2.05) is 12.1 Å². The van der Waals surface area contributed by atoms with Crippen molar-refractivity contribution in [2.45, 2.75) is 0 Å². The molecule has 0 aliphatic rings. The molecule has 0 aliphatic carbocycles. The quantitative estimate of drug-likeness (QED) is 0.747. The Morgan fingerprint density at radius 1 is 1.28 bits per heavy atom. The van der Waals surface area contributed by atoms with E-state index in [4.69, 9.17) is 17.3 Å². The number of pyridine rings is 2. The van der Waals surface area contributed by atoms with Gasteiger partial charge < -0.3 is 5.73 Å². The summed E-state index contributed by atoms with van der Waals surface area (Å²) in [5.41, 5.74) is 8.41. The molecule has 0 fully saturated rings. The zero-order valence-corrected chi connectivity index (χ0v) is 11.5. The van der Waals surface area contributed by atoms with Crippen LogP contribution in [0, 0.1) is 0 Å². The summed E-state index contributed by atoms with van der Waals surface area (Å²) in [6.45, 7) is 0. The molecule has 0 bridgehead atoms. The molecule has 0 aliphatic heterocycles. The summed E-state index contributed by atoms with van der Waals surface area (Å²) in [5.74, 6) is 0.549. The highest BCUT2D eigenvalue weighted by Gasteiger charge is 2.11. The maximum Gasteiger partial charge on any atom is 0.139 e. The number of rotatable bonds is 1. The Labute approximate surface area is 117 Å². The fourth-order valence-electron chi connectivity index (χ4n) is 1.79. The highest BCUT2D eigenvalue weighted by Crippen LogP contribution is 2.28. The first-order chi connectivity index (χ1) is 8.65. The summed E-state index contributed by atoms with van der Waals surface area (Å²) in [7, 11) is 0. The molecule has 0 unspecified atom stereocenters. The highest BCUT2D eigenvalue weighted by atomic mass is 79.9. The van der Waals surface area contributed by atoms with Gasteiger partial charge in [0.25, 0.3) is 0 Å². The molecule has 0 atom stereocenters. The van der Waals surface area contributed by atoms with E-state index in [1.165, 1.54) is 0 Å². The molecular weight excluding hydrogens is 316 g/mol. The van der Waals surface area contributed by atoms with Crippen molar-refractivity contribution in [2.75, 3.05) is 5.73 Å². The van der Waals surface area contributed by atoms with E-state index < -0.39 is 0 Å². The summed E-state index contributed by atoms with van der Waals surface area (Å²) in [6, 6.07) is 5.53. The van der Waals surface area contributed by atoms with Crippen molar-refractivity contribution < 1.29 is 0 Å². The first kappa shape index (κ1) is 11.5. The van der Waals surface area contributed by atoms with Crippen molar-refractivity contribution >= 4 is 39.0 Å². The number of nitrogens with zero attached hydrogens (tertiary/aromatic N) is 3. The second-order valence-electron chi connectivity index (χ2n) is 3.81. The largest absolute Gasteiger partial charge is 0.383 e. The lowest BCUT2D eigenvalue weighted by Crippen LogP contribution is -1.94. The van der Waals surface area contributed by atoms with Gasteiger partial charge in [-0.3, -0.25) is 9.38 Å². The molecule has 3 rings (SSSR count). The Balaban J connectivity index is 2.27. The van der Waals surface area contributed by atoms with Crippen molar-refractivity contribution in [3.05, 3.63) is 46.3 Å². The van der Waals surface area contributed by atoms with E-state index in [2.05, 4.69) is 25.9 Å². The van der Waals surface area contributed by atoms with E-state index in [9.17, 15) is 0 Å². The SMILES string of the molecule is Nc1c(-c2cncc(Br)c2)nc2ccc(Cl)cn12. The van der Waals surface area contributed by atoms with Gasteiger partial charge in [-0.15, -0.1) is 0 Å². The van der Waals surface area contributed by atoms with Crippen molar-refractivity contribution in [3.63, 3.8) is 0 Å². The average Bonchev–Trinajstić information content (AvgIpc) is 2.67. The normalized spacial score (nSPS) is 11.0. The van der Waals surface area contributed by atoms with Gasteiger partial charge in [0.05, 0.1) is 5.02 Å². The van der Waals surface area contributed by atoms with Gasteiger partial charge in [-0.1, -0.05) is 11.6 Å². The summed E-state index contributed by atoms with van der Waals surface area (Å²) < 4.78 is 2.65. The third-order valence-electron chi connectivity index (χ3n) is 2.60. The minimum atomic E-state index is 0.549. The predicted octanol–water partition coefficient (Wildman–Crippen LogP) is 3.39. The third-order valence-corrected chi connectivity index (χ3v) is 3.25. The van der Waals surface area contributed by atoms with E-state index in [-0.39, 0.29) is 0 Å². The van der Waals surface area contributed by atoms with Crippen LogP contribution in [0.15, 0.2) is 41.3 Å². The topological polar surface area (TPSA) is 56.2 Å². The van der Waals surface area contributed by atoms with Crippen LogP contribution in [-0.2, 0) is 0 Å². The van der Waals surface area contributed by atoms with Gasteiger partial charge in [0.1, 0.15) is 17.2 Å². The average molecular weight is 324 g/mol. The van der Waals surface area contributed by atoms with E-state index >= 15 is 0 Å². The van der Waals surface area contributed by atoms with Crippen molar-refractivity contribution in [1.29, 1.82) is 0 Å². The van der Waals surface area contributed by atoms with Crippen LogP contribution >= 0.6 is 27.5 Å². The second kappa shape index (κ2) is 4.26. The van der Waals surface area contributed by atoms with Crippen LogP contribution in [0.25, 0.3) is 16.9 Å². The highest BCUT2D eigenvalue weighted by molar-refractivity contribution is 9.10. The van der Waals surface area contributed by atoms with Gasteiger partial charge in [0, 0.05) is 28.6 Å². The minimum Gasteiger partial charge on any atom is -0.383 e. The van der Waals surface area contributed by atoms with Crippen LogP contribution in [0.4, 0.5) is 5.82 Å². The standard InChI is InChI=1S/C12H8BrClN4/c13-8-3-7(4-16-5-8)11-12(15)18-6-9(14)1-2-10(18)17-11/h1-6H,15H2. The molecule has 0 saturated heterocycles. The zero-order chi connectivity index (χ0) is 12.7. The molecule has 0 spiro atoms. The van der Waals surface area contributed by atoms with Gasteiger partial charge in [-0.05, 0) is 34.1 Å². The molecule has 6 heteroatoms. The zero-order valence-electron chi connectivity index (χ0n) is 9.14. The number of hydrogen-bond acceptors (Lipinski definition) is 3. The molecular formula is C12H8BrClN4. The smallest absolute Gasteiger partial charge is 0.139 e. The number of nitrogen functional groups attached to an aromatic ring is 1. The fraction of sp³-hybridized carbons (Fsp3) is 0. The predicted molar refractivity (Wildman–Crippen MR) is 75.5 cm³/mol. The maximum atomic E-state index is 6.09. The summed E-state index contributed by atoms with van der Waals surface area (Å²) in [6.07, 6.45) is 5.19. The van der Waals surface area contributed by atoms with Gasteiger partial charge >= 0.3 is 0 Å². The van der Waals surface area contributed by atoms with Crippen molar-refractivity contribution in [2.24, 2.45) is 0 Å². The summed E-state index contributed by atoms with van der Waals surface area (Å²) in [5, 5.41) is 0.616. The van der Waals surface area contributed by atoms with E-state index in [1.54, 1.807) is 29.1 Å². The van der Waals surface area contributed by atoms with Gasteiger partial charge in [0.2, 0.25) is 0 Å². The fourth-order valence-corrected chi connectivity index (χ4v) is 2.32. The molecule has 3 aromatic rings. The van der Waals surface area contributed by atoms with Crippen LogP contribution in [0.1, 0.15) is 0 Å². The molecule has 90 valence electrons. The number of fused-ring (bicyclic) bond motifs is 1. The Morgan fingerprint density at radius 3 is 2.89 bits per heavy atom. The summed E-state index contributed by atoms with van der Waals surface area (Å²) >= 11 is 9.33. The summed E-state index contributed by atoms with van der Waals surface area (Å²) in [4.78, 5) is 8.59. The van der Waals surface area contributed by atoms with Crippen LogP contribution in [0.5, 0.6) is 0 Å². The van der Waals surface area contributed by atoms with Crippen LogP contribution in [0.2, 0.25) is 5.02 Å². The Hall–Kier alpha value is -1.59. The first-order valence-electron chi connectivity index (χ1n) is 5.19. The third kappa shape index (κ3) is 1.85. The molecule has 3 heterocycles. The number of imidazole rings is 1. The molecule has 0 amide bonds. The van der Waals surface area contributed by atoms with E-state index in [0.717, 1.165) is 15.7 Å². The molecule has 4 nitrogen and oxygen atoms in total. The van der Waals surface area contributed by atoms with Crippen LogP contribution in [-0.4, -0.2) is 14.4 Å². The lowest BCUT2D eigenvalue weighted by Gasteiger charge is -1.99. The monoisotopic (exact) mass is 322 g/mol. The maximum absolute atomic E-state index is 6.09.